The fraction of sp³-hybridized carbons (Fsp3) is 0.615. The lowest BCUT2D eigenvalue weighted by molar-refractivity contribution is -0.149. The second-order valence-electron chi connectivity index (χ2n) is 8.86. The normalized spacial score (nSPS) is 17.3. The minimum Gasteiger partial charge on any atom is -0.383 e. The fourth-order valence-corrected chi connectivity index (χ4v) is 4.12. The van der Waals surface area contributed by atoms with Gasteiger partial charge in [-0.2, -0.15) is 0 Å². The SMILES string of the molecule is CN1C(=O)CCC(N2C(=O)c3ccc(NCCOCCOCCOCCOCCOCCN)cc3C2=O)C1=O. The predicted octanol–water partition coefficient (Wildman–Crippen LogP) is -0.116. The number of likely N-dealkylation sites (tertiary alicyclic amines) is 1. The summed E-state index contributed by atoms with van der Waals surface area (Å²) in [6, 6.07) is 3.91. The van der Waals surface area contributed by atoms with Gasteiger partial charge in [0.1, 0.15) is 6.04 Å². The van der Waals surface area contributed by atoms with E-state index in [1.807, 2.05) is 0 Å². The second-order valence-corrected chi connectivity index (χ2v) is 8.86. The van der Waals surface area contributed by atoms with Gasteiger partial charge in [-0.1, -0.05) is 0 Å². The van der Waals surface area contributed by atoms with Gasteiger partial charge in [-0.3, -0.25) is 29.0 Å². The maximum atomic E-state index is 13.0. The molecule has 0 radical (unpaired) electrons. The molecule has 1 aromatic rings. The highest BCUT2D eigenvalue weighted by molar-refractivity contribution is 6.23. The van der Waals surface area contributed by atoms with Crippen molar-refractivity contribution < 1.29 is 42.9 Å². The third kappa shape index (κ3) is 8.78. The van der Waals surface area contributed by atoms with E-state index in [9.17, 15) is 19.2 Å². The molecule has 1 atom stereocenters. The Labute approximate surface area is 227 Å². The summed E-state index contributed by atoms with van der Waals surface area (Å²) in [6.07, 6.45) is 0.239. The monoisotopic (exact) mass is 550 g/mol. The average Bonchev–Trinajstić information content (AvgIpc) is 3.18. The smallest absolute Gasteiger partial charge is 0.262 e. The van der Waals surface area contributed by atoms with Gasteiger partial charge in [-0.05, 0) is 24.6 Å². The van der Waals surface area contributed by atoms with Crippen LogP contribution in [0.4, 0.5) is 5.69 Å². The molecule has 0 spiro atoms. The molecule has 0 aliphatic carbocycles. The summed E-state index contributed by atoms with van der Waals surface area (Å²) in [6.45, 7) is 5.74. The van der Waals surface area contributed by atoms with Crippen LogP contribution in [0.25, 0.3) is 0 Å². The number of benzene rings is 1. The minimum atomic E-state index is -0.968. The second kappa shape index (κ2) is 16.2. The van der Waals surface area contributed by atoms with E-state index in [0.29, 0.717) is 84.8 Å². The molecule has 13 nitrogen and oxygen atoms in total. The zero-order valence-corrected chi connectivity index (χ0v) is 22.4. The number of rotatable bonds is 19. The fourth-order valence-electron chi connectivity index (χ4n) is 4.12. The Balaban J connectivity index is 1.25. The van der Waals surface area contributed by atoms with Crippen LogP contribution in [0.15, 0.2) is 18.2 Å². The van der Waals surface area contributed by atoms with Gasteiger partial charge in [0.05, 0.1) is 77.2 Å². The quantitative estimate of drug-likeness (QED) is 0.175. The summed E-state index contributed by atoms with van der Waals surface area (Å²) in [4.78, 5) is 52.1. The van der Waals surface area contributed by atoms with Crippen molar-refractivity contribution in [2.75, 3.05) is 91.5 Å². The van der Waals surface area contributed by atoms with Crippen molar-refractivity contribution in [3.63, 3.8) is 0 Å². The number of nitrogens with one attached hydrogen (secondary N) is 1. The molecular weight excluding hydrogens is 512 g/mol. The lowest BCUT2D eigenvalue weighted by Crippen LogP contribution is -2.54. The predicted molar refractivity (Wildman–Crippen MR) is 139 cm³/mol. The molecule has 13 heteroatoms. The number of nitrogens with zero attached hydrogens (tertiary/aromatic N) is 2. The molecule has 0 bridgehead atoms. The Morgan fingerprint density at radius 2 is 1.33 bits per heavy atom. The van der Waals surface area contributed by atoms with E-state index < -0.39 is 23.8 Å². The number of fused-ring (bicyclic) bond motifs is 1. The first-order valence-electron chi connectivity index (χ1n) is 13.1. The van der Waals surface area contributed by atoms with Crippen molar-refractivity contribution in [2.24, 2.45) is 5.73 Å². The Kier molecular flexibility index (Phi) is 12.7. The standard InChI is InChI=1S/C26H38N4O9/c1-29-23(31)5-4-22(26(29)34)30-24(32)20-3-2-19(18-21(20)25(30)33)28-7-9-36-11-13-38-15-17-39-16-14-37-12-10-35-8-6-27/h2-3,18,22,28H,4-17,27H2,1H3. The van der Waals surface area contributed by atoms with E-state index in [1.165, 1.54) is 7.05 Å². The van der Waals surface area contributed by atoms with Crippen molar-refractivity contribution in [1.29, 1.82) is 0 Å². The van der Waals surface area contributed by atoms with Crippen molar-refractivity contribution in [2.45, 2.75) is 18.9 Å². The van der Waals surface area contributed by atoms with Crippen LogP contribution in [0.5, 0.6) is 0 Å². The number of imide groups is 2. The van der Waals surface area contributed by atoms with E-state index >= 15 is 0 Å². The summed E-state index contributed by atoms with van der Waals surface area (Å²) in [7, 11) is 1.36. The van der Waals surface area contributed by atoms with Crippen LogP contribution in [0.1, 0.15) is 33.6 Å². The van der Waals surface area contributed by atoms with E-state index in [-0.39, 0.29) is 29.9 Å². The number of nitrogens with two attached hydrogens (primary N) is 1. The van der Waals surface area contributed by atoms with Gasteiger partial charge in [-0.15, -0.1) is 0 Å². The van der Waals surface area contributed by atoms with Gasteiger partial charge in [0.15, 0.2) is 0 Å². The third-order valence-corrected chi connectivity index (χ3v) is 6.18. The van der Waals surface area contributed by atoms with Crippen molar-refractivity contribution in [3.8, 4) is 0 Å². The molecule has 3 N–H and O–H groups in total. The third-order valence-electron chi connectivity index (χ3n) is 6.18. The van der Waals surface area contributed by atoms with Gasteiger partial charge in [0.25, 0.3) is 17.7 Å². The van der Waals surface area contributed by atoms with Gasteiger partial charge in [0.2, 0.25) is 5.91 Å². The number of amides is 4. The lowest BCUT2D eigenvalue weighted by Gasteiger charge is -2.32. The first-order valence-corrected chi connectivity index (χ1v) is 13.1. The van der Waals surface area contributed by atoms with E-state index in [0.717, 1.165) is 9.80 Å². The molecule has 2 aliphatic heterocycles. The Morgan fingerprint density at radius 3 is 1.92 bits per heavy atom. The molecule has 216 valence electrons. The molecule has 1 fully saturated rings. The first kappa shape index (κ1) is 30.6. The lowest BCUT2D eigenvalue weighted by atomic mass is 10.0. The topological polar surface area (TPSA) is 159 Å². The molecule has 1 aromatic carbocycles. The number of piperidine rings is 1. The summed E-state index contributed by atoms with van der Waals surface area (Å²) >= 11 is 0. The van der Waals surface area contributed by atoms with Gasteiger partial charge < -0.3 is 34.7 Å². The van der Waals surface area contributed by atoms with Gasteiger partial charge in [0, 0.05) is 32.2 Å². The van der Waals surface area contributed by atoms with Gasteiger partial charge >= 0.3 is 0 Å². The average molecular weight is 551 g/mol. The highest BCUT2D eigenvalue weighted by Gasteiger charge is 2.46. The van der Waals surface area contributed by atoms with Crippen LogP contribution in [-0.4, -0.2) is 126 Å². The molecule has 3 rings (SSSR count). The van der Waals surface area contributed by atoms with Crippen LogP contribution in [0.3, 0.4) is 0 Å². The van der Waals surface area contributed by atoms with Crippen LogP contribution >= 0.6 is 0 Å². The van der Waals surface area contributed by atoms with E-state index in [2.05, 4.69) is 5.32 Å². The summed E-state index contributed by atoms with van der Waals surface area (Å²) in [5, 5.41) is 3.16. The largest absolute Gasteiger partial charge is 0.383 e. The summed E-state index contributed by atoms with van der Waals surface area (Å²) in [5.74, 6) is -1.91. The van der Waals surface area contributed by atoms with Gasteiger partial charge in [-0.25, -0.2) is 0 Å². The minimum absolute atomic E-state index is 0.106. The van der Waals surface area contributed by atoms with E-state index in [4.69, 9.17) is 29.4 Å². The maximum absolute atomic E-state index is 13.0. The van der Waals surface area contributed by atoms with Crippen molar-refractivity contribution >= 4 is 29.3 Å². The number of likely N-dealkylation sites (N-methyl/N-ethyl adjacent to an activating group) is 1. The zero-order valence-electron chi connectivity index (χ0n) is 22.4. The molecule has 2 heterocycles. The number of hydrogen-bond donors (Lipinski definition) is 2. The maximum Gasteiger partial charge on any atom is 0.262 e. The highest BCUT2D eigenvalue weighted by atomic mass is 16.6. The van der Waals surface area contributed by atoms with Crippen LogP contribution in [0, 0.1) is 0 Å². The molecule has 0 aromatic heterocycles. The van der Waals surface area contributed by atoms with Crippen LogP contribution in [0.2, 0.25) is 0 Å². The zero-order chi connectivity index (χ0) is 28.0. The molecule has 0 saturated carbocycles. The van der Waals surface area contributed by atoms with E-state index in [1.54, 1.807) is 18.2 Å². The molecule has 1 unspecified atom stereocenters. The number of hydrogen-bond acceptors (Lipinski definition) is 11. The number of anilines is 1. The van der Waals surface area contributed by atoms with Crippen LogP contribution in [-0.2, 0) is 33.3 Å². The molecule has 1 saturated heterocycles. The molecule has 2 aliphatic rings. The Morgan fingerprint density at radius 1 is 0.795 bits per heavy atom. The first-order chi connectivity index (χ1) is 19.0. The highest BCUT2D eigenvalue weighted by Crippen LogP contribution is 2.30. The Bertz CT molecular complexity index is 990. The number of carbonyl (C=O) groups is 4. The van der Waals surface area contributed by atoms with Crippen LogP contribution < -0.4 is 11.1 Å². The number of ether oxygens (including phenoxy) is 5. The van der Waals surface area contributed by atoms with Crippen molar-refractivity contribution in [1.82, 2.24) is 9.80 Å². The molecule has 4 amide bonds. The summed E-state index contributed by atoms with van der Waals surface area (Å²) in [5.41, 5.74) is 6.46. The Hall–Kier alpha value is -2.94. The summed E-state index contributed by atoms with van der Waals surface area (Å²) < 4.78 is 27.0. The molecule has 39 heavy (non-hydrogen) atoms. The number of carbonyl (C=O) groups excluding carboxylic acids is 4. The van der Waals surface area contributed by atoms with Crippen molar-refractivity contribution in [3.05, 3.63) is 29.3 Å². The molecular formula is C26H38N4O9.